The lowest BCUT2D eigenvalue weighted by Gasteiger charge is -2.12. The molecule has 1 atom stereocenters. The third-order valence-corrected chi connectivity index (χ3v) is 2.75. The number of carbonyl (C=O) groups excluding carboxylic acids is 1. The monoisotopic (exact) mass is 235 g/mol. The number of anilines is 1. The van der Waals surface area contributed by atoms with E-state index in [1.54, 1.807) is 19.1 Å². The molecule has 1 saturated heterocycles. The van der Waals surface area contributed by atoms with E-state index in [0.29, 0.717) is 24.2 Å². The van der Waals surface area contributed by atoms with Crippen LogP contribution in [-0.2, 0) is 4.79 Å². The van der Waals surface area contributed by atoms with Gasteiger partial charge in [-0.25, -0.2) is 0 Å². The summed E-state index contributed by atoms with van der Waals surface area (Å²) in [5.41, 5.74) is 1.39. The van der Waals surface area contributed by atoms with Crippen LogP contribution < -0.4 is 10.6 Å². The first-order valence-corrected chi connectivity index (χ1v) is 5.34. The van der Waals surface area contributed by atoms with Crippen molar-refractivity contribution in [1.29, 1.82) is 0 Å². The third kappa shape index (κ3) is 2.52. The highest BCUT2D eigenvalue weighted by molar-refractivity contribution is 5.79. The van der Waals surface area contributed by atoms with Gasteiger partial charge in [-0.2, -0.15) is 0 Å². The van der Waals surface area contributed by atoms with Gasteiger partial charge in [0.15, 0.2) is 0 Å². The van der Waals surface area contributed by atoms with E-state index >= 15 is 0 Å². The Morgan fingerprint density at radius 3 is 2.88 bits per heavy atom. The largest absolute Gasteiger partial charge is 0.380 e. The normalized spacial score (nSPS) is 18.9. The zero-order valence-electron chi connectivity index (χ0n) is 9.40. The summed E-state index contributed by atoms with van der Waals surface area (Å²) in [4.78, 5) is 21.4. The van der Waals surface area contributed by atoms with Crippen molar-refractivity contribution in [1.82, 2.24) is 5.32 Å². The Labute approximate surface area is 98.2 Å². The number of amides is 1. The Morgan fingerprint density at radius 1 is 1.53 bits per heavy atom. The van der Waals surface area contributed by atoms with Crippen LogP contribution in [0.3, 0.4) is 0 Å². The molecule has 0 aliphatic carbocycles. The predicted molar refractivity (Wildman–Crippen MR) is 62.9 cm³/mol. The van der Waals surface area contributed by atoms with Crippen molar-refractivity contribution in [3.63, 3.8) is 0 Å². The molecule has 0 spiro atoms. The quantitative estimate of drug-likeness (QED) is 0.609. The van der Waals surface area contributed by atoms with Gasteiger partial charge in [-0.3, -0.25) is 14.9 Å². The molecule has 2 N–H and O–H groups in total. The van der Waals surface area contributed by atoms with Gasteiger partial charge in [-0.1, -0.05) is 6.07 Å². The highest BCUT2D eigenvalue weighted by Crippen LogP contribution is 2.23. The van der Waals surface area contributed by atoms with Gasteiger partial charge in [-0.05, 0) is 13.0 Å². The molecule has 17 heavy (non-hydrogen) atoms. The molecule has 1 heterocycles. The van der Waals surface area contributed by atoms with Gasteiger partial charge in [0.1, 0.15) is 0 Å². The van der Waals surface area contributed by atoms with Crippen molar-refractivity contribution < 1.29 is 9.72 Å². The van der Waals surface area contributed by atoms with Crippen LogP contribution in [0.15, 0.2) is 18.2 Å². The van der Waals surface area contributed by atoms with Crippen molar-refractivity contribution in [2.24, 2.45) is 0 Å². The van der Waals surface area contributed by atoms with Gasteiger partial charge in [0.2, 0.25) is 5.91 Å². The fraction of sp³-hybridized carbons (Fsp3) is 0.364. The van der Waals surface area contributed by atoms with Gasteiger partial charge >= 0.3 is 0 Å². The third-order valence-electron chi connectivity index (χ3n) is 2.75. The van der Waals surface area contributed by atoms with Crippen LogP contribution in [0.2, 0.25) is 0 Å². The molecular formula is C11H13N3O3. The van der Waals surface area contributed by atoms with E-state index in [9.17, 15) is 14.9 Å². The summed E-state index contributed by atoms with van der Waals surface area (Å²) < 4.78 is 0. The molecule has 1 aliphatic rings. The summed E-state index contributed by atoms with van der Waals surface area (Å²) >= 11 is 0. The van der Waals surface area contributed by atoms with Gasteiger partial charge in [-0.15, -0.1) is 0 Å². The number of nitrogens with one attached hydrogen (secondary N) is 2. The topological polar surface area (TPSA) is 84.3 Å². The molecule has 6 nitrogen and oxygen atoms in total. The number of hydrogen-bond donors (Lipinski definition) is 2. The minimum Gasteiger partial charge on any atom is -0.380 e. The summed E-state index contributed by atoms with van der Waals surface area (Å²) in [6.45, 7) is 2.25. The number of carbonyl (C=O) groups is 1. The second kappa shape index (κ2) is 4.40. The summed E-state index contributed by atoms with van der Waals surface area (Å²) in [6, 6.07) is 4.98. The Bertz CT molecular complexity index is 473. The van der Waals surface area contributed by atoms with Crippen LogP contribution in [0.25, 0.3) is 0 Å². The molecule has 1 aromatic rings. The van der Waals surface area contributed by atoms with Crippen LogP contribution in [0, 0.1) is 17.0 Å². The Balaban J connectivity index is 2.14. The predicted octanol–water partition coefficient (Wildman–Crippen LogP) is 1.20. The number of benzene rings is 1. The van der Waals surface area contributed by atoms with Gasteiger partial charge in [0.25, 0.3) is 5.69 Å². The van der Waals surface area contributed by atoms with Crippen molar-refractivity contribution >= 4 is 17.3 Å². The standard InChI is InChI=1S/C11H13N3O3/c1-7-2-3-8(4-10(7)14(16)17)13-9-5-11(15)12-6-9/h2-4,9,13H,5-6H2,1H3,(H,12,15). The van der Waals surface area contributed by atoms with E-state index < -0.39 is 4.92 Å². The summed E-state index contributed by atoms with van der Waals surface area (Å²) in [7, 11) is 0. The molecule has 1 aromatic carbocycles. The van der Waals surface area contributed by atoms with Crippen LogP contribution in [0.4, 0.5) is 11.4 Å². The second-order valence-electron chi connectivity index (χ2n) is 4.11. The van der Waals surface area contributed by atoms with E-state index in [4.69, 9.17) is 0 Å². The van der Waals surface area contributed by atoms with Gasteiger partial charge in [0.05, 0.1) is 11.0 Å². The van der Waals surface area contributed by atoms with E-state index in [2.05, 4.69) is 10.6 Å². The SMILES string of the molecule is Cc1ccc(NC2CNC(=O)C2)cc1[N+](=O)[O-]. The van der Waals surface area contributed by atoms with Crippen LogP contribution in [0.5, 0.6) is 0 Å². The highest BCUT2D eigenvalue weighted by Gasteiger charge is 2.21. The average Bonchev–Trinajstić information content (AvgIpc) is 2.66. The maximum atomic E-state index is 11.0. The first-order valence-electron chi connectivity index (χ1n) is 5.34. The molecular weight excluding hydrogens is 222 g/mol. The molecule has 6 heteroatoms. The Hall–Kier alpha value is -2.11. The van der Waals surface area contributed by atoms with Gasteiger partial charge < -0.3 is 10.6 Å². The Kier molecular flexibility index (Phi) is 2.95. The molecule has 1 amide bonds. The number of hydrogen-bond acceptors (Lipinski definition) is 4. The zero-order valence-corrected chi connectivity index (χ0v) is 9.40. The first-order chi connectivity index (χ1) is 8.06. The summed E-state index contributed by atoms with van der Waals surface area (Å²) in [5.74, 6) is 0.00381. The fourth-order valence-electron chi connectivity index (χ4n) is 1.84. The Morgan fingerprint density at radius 2 is 2.29 bits per heavy atom. The molecule has 0 saturated carbocycles. The van der Waals surface area contributed by atoms with Gasteiger partial charge in [0, 0.05) is 30.3 Å². The summed E-state index contributed by atoms with van der Waals surface area (Å²) in [5, 5.41) is 16.6. The molecule has 0 radical (unpaired) electrons. The fourth-order valence-corrected chi connectivity index (χ4v) is 1.84. The van der Waals surface area contributed by atoms with Crippen LogP contribution in [-0.4, -0.2) is 23.4 Å². The number of rotatable bonds is 3. The van der Waals surface area contributed by atoms with E-state index in [-0.39, 0.29) is 17.6 Å². The van der Waals surface area contributed by atoms with Crippen LogP contribution in [0.1, 0.15) is 12.0 Å². The van der Waals surface area contributed by atoms with E-state index in [0.717, 1.165) is 0 Å². The first kappa shape index (κ1) is 11.4. The van der Waals surface area contributed by atoms with Crippen molar-refractivity contribution in [2.75, 3.05) is 11.9 Å². The lowest BCUT2D eigenvalue weighted by atomic mass is 10.1. The minimum atomic E-state index is -0.404. The molecule has 1 unspecified atom stereocenters. The minimum absolute atomic E-state index is 0.00381. The van der Waals surface area contributed by atoms with E-state index in [1.807, 2.05) is 0 Å². The second-order valence-corrected chi connectivity index (χ2v) is 4.11. The number of aryl methyl sites for hydroxylation is 1. The molecule has 1 aliphatic heterocycles. The molecule has 0 aromatic heterocycles. The zero-order chi connectivity index (χ0) is 12.4. The number of nitro benzene ring substituents is 1. The molecule has 2 rings (SSSR count). The average molecular weight is 235 g/mol. The van der Waals surface area contributed by atoms with Crippen molar-refractivity contribution in [3.8, 4) is 0 Å². The lowest BCUT2D eigenvalue weighted by molar-refractivity contribution is -0.385. The van der Waals surface area contributed by atoms with Crippen molar-refractivity contribution in [2.45, 2.75) is 19.4 Å². The van der Waals surface area contributed by atoms with E-state index in [1.165, 1.54) is 6.07 Å². The maximum absolute atomic E-state index is 11.0. The molecule has 1 fully saturated rings. The number of nitro groups is 1. The lowest BCUT2D eigenvalue weighted by Crippen LogP contribution is -2.22. The maximum Gasteiger partial charge on any atom is 0.274 e. The van der Waals surface area contributed by atoms with Crippen molar-refractivity contribution in [3.05, 3.63) is 33.9 Å². The summed E-state index contributed by atoms with van der Waals surface area (Å²) in [6.07, 6.45) is 0.404. The van der Waals surface area contributed by atoms with Crippen LogP contribution >= 0.6 is 0 Å². The highest BCUT2D eigenvalue weighted by atomic mass is 16.6. The smallest absolute Gasteiger partial charge is 0.274 e. The molecule has 0 bridgehead atoms. The number of nitrogens with zero attached hydrogens (tertiary/aromatic N) is 1. The molecule has 90 valence electrons.